The van der Waals surface area contributed by atoms with Crippen LogP contribution in [-0.2, 0) is 16.4 Å². The molecule has 0 amide bonds. The Bertz CT molecular complexity index is 667. The predicted molar refractivity (Wildman–Crippen MR) is 75.6 cm³/mol. The summed E-state index contributed by atoms with van der Waals surface area (Å²) in [5, 5.41) is 0. The van der Waals surface area contributed by atoms with Gasteiger partial charge in [-0.15, -0.1) is 0 Å². The fourth-order valence-corrected chi connectivity index (χ4v) is 2.85. The summed E-state index contributed by atoms with van der Waals surface area (Å²) in [5.41, 5.74) is 2.21. The summed E-state index contributed by atoms with van der Waals surface area (Å²) in [5.74, 6) is 0. The monoisotopic (exact) mass is 276 g/mol. The Labute approximate surface area is 113 Å². The number of rotatable bonds is 4. The second-order valence-corrected chi connectivity index (χ2v) is 5.94. The first-order valence-corrected chi connectivity index (χ1v) is 7.55. The number of sulfonamides is 1. The average Bonchev–Trinajstić information content (AvgIpc) is 2.38. The van der Waals surface area contributed by atoms with Crippen molar-refractivity contribution in [3.8, 4) is 0 Å². The lowest BCUT2D eigenvalue weighted by Crippen LogP contribution is -2.13. The van der Waals surface area contributed by atoms with Crippen molar-refractivity contribution in [1.82, 2.24) is 4.98 Å². The predicted octanol–water partition coefficient (Wildman–Crippen LogP) is 2.75. The van der Waals surface area contributed by atoms with E-state index in [9.17, 15) is 8.42 Å². The zero-order chi connectivity index (χ0) is 13.9. The summed E-state index contributed by atoms with van der Waals surface area (Å²) < 4.78 is 26.9. The van der Waals surface area contributed by atoms with Gasteiger partial charge in [0.2, 0.25) is 0 Å². The molecule has 2 aromatic rings. The maximum atomic E-state index is 12.2. The van der Waals surface area contributed by atoms with Gasteiger partial charge in [-0.2, -0.15) is 0 Å². The van der Waals surface area contributed by atoms with Crippen LogP contribution in [-0.4, -0.2) is 13.4 Å². The number of benzene rings is 1. The lowest BCUT2D eigenvalue weighted by molar-refractivity contribution is 0.601. The summed E-state index contributed by atoms with van der Waals surface area (Å²) >= 11 is 0. The lowest BCUT2D eigenvalue weighted by Gasteiger charge is -2.09. The number of hydrogen-bond acceptors (Lipinski definition) is 3. The third-order valence-corrected chi connectivity index (χ3v) is 4.07. The van der Waals surface area contributed by atoms with Gasteiger partial charge in [0.15, 0.2) is 0 Å². The standard InChI is InChI=1S/C14H16N2O2S/c1-3-12-10-13(9-11(2)15-12)16-19(17,18)14-7-5-4-6-8-14/h4-10H,3H2,1-2H3,(H,15,16). The van der Waals surface area contributed by atoms with Crippen LogP contribution in [0.5, 0.6) is 0 Å². The first kappa shape index (κ1) is 13.5. The Morgan fingerprint density at radius 3 is 2.47 bits per heavy atom. The minimum Gasteiger partial charge on any atom is -0.279 e. The highest BCUT2D eigenvalue weighted by Gasteiger charge is 2.13. The molecule has 0 aliphatic carbocycles. The van der Waals surface area contributed by atoms with Crippen molar-refractivity contribution < 1.29 is 8.42 Å². The van der Waals surface area contributed by atoms with Gasteiger partial charge in [-0.1, -0.05) is 25.1 Å². The first-order chi connectivity index (χ1) is 9.01. The Hall–Kier alpha value is -1.88. The summed E-state index contributed by atoms with van der Waals surface area (Å²) in [7, 11) is -3.53. The van der Waals surface area contributed by atoms with Gasteiger partial charge in [-0.3, -0.25) is 9.71 Å². The quantitative estimate of drug-likeness (QED) is 0.934. The number of aromatic nitrogens is 1. The van der Waals surface area contributed by atoms with Gasteiger partial charge in [0.05, 0.1) is 10.6 Å². The molecular weight excluding hydrogens is 260 g/mol. The van der Waals surface area contributed by atoms with E-state index < -0.39 is 10.0 Å². The van der Waals surface area contributed by atoms with E-state index in [0.717, 1.165) is 17.8 Å². The molecule has 0 fully saturated rings. The Balaban J connectivity index is 2.33. The van der Waals surface area contributed by atoms with E-state index in [4.69, 9.17) is 0 Å². The maximum absolute atomic E-state index is 12.2. The molecule has 0 unspecified atom stereocenters. The smallest absolute Gasteiger partial charge is 0.261 e. The molecule has 0 saturated heterocycles. The average molecular weight is 276 g/mol. The van der Waals surface area contributed by atoms with Crippen molar-refractivity contribution in [1.29, 1.82) is 0 Å². The van der Waals surface area contributed by atoms with Crippen LogP contribution in [0.3, 0.4) is 0 Å². The Morgan fingerprint density at radius 1 is 1.16 bits per heavy atom. The molecule has 100 valence electrons. The van der Waals surface area contributed by atoms with Crippen molar-refractivity contribution in [3.05, 3.63) is 53.9 Å². The topological polar surface area (TPSA) is 59.1 Å². The molecule has 1 aromatic carbocycles. The van der Waals surface area contributed by atoms with Crippen LogP contribution >= 0.6 is 0 Å². The van der Waals surface area contributed by atoms with Crippen LogP contribution < -0.4 is 4.72 Å². The van der Waals surface area contributed by atoms with E-state index in [2.05, 4.69) is 9.71 Å². The summed E-state index contributed by atoms with van der Waals surface area (Å²) in [6.07, 6.45) is 0.766. The second kappa shape index (κ2) is 5.40. The fourth-order valence-electron chi connectivity index (χ4n) is 1.79. The van der Waals surface area contributed by atoms with E-state index in [1.165, 1.54) is 0 Å². The number of aryl methyl sites for hydroxylation is 2. The molecule has 0 aliphatic heterocycles. The molecule has 0 bridgehead atoms. The van der Waals surface area contributed by atoms with E-state index >= 15 is 0 Å². The minimum absolute atomic E-state index is 0.252. The third kappa shape index (κ3) is 3.32. The maximum Gasteiger partial charge on any atom is 0.261 e. The van der Waals surface area contributed by atoms with Crippen LogP contribution in [0, 0.1) is 6.92 Å². The summed E-state index contributed by atoms with van der Waals surface area (Å²) in [6.45, 7) is 3.83. The van der Waals surface area contributed by atoms with E-state index in [1.54, 1.807) is 42.5 Å². The molecule has 19 heavy (non-hydrogen) atoms. The van der Waals surface area contributed by atoms with Crippen LogP contribution in [0.4, 0.5) is 5.69 Å². The van der Waals surface area contributed by atoms with Crippen molar-refractivity contribution in [2.24, 2.45) is 0 Å². The molecule has 1 aromatic heterocycles. The van der Waals surface area contributed by atoms with Gasteiger partial charge in [-0.25, -0.2) is 8.42 Å². The van der Waals surface area contributed by atoms with E-state index in [1.807, 2.05) is 13.8 Å². The van der Waals surface area contributed by atoms with Crippen LogP contribution in [0.15, 0.2) is 47.4 Å². The highest BCUT2D eigenvalue weighted by molar-refractivity contribution is 7.92. The molecule has 0 radical (unpaired) electrons. The zero-order valence-electron chi connectivity index (χ0n) is 10.9. The van der Waals surface area contributed by atoms with E-state index in [-0.39, 0.29) is 4.90 Å². The second-order valence-electron chi connectivity index (χ2n) is 4.26. The van der Waals surface area contributed by atoms with Gasteiger partial charge in [0.1, 0.15) is 0 Å². The van der Waals surface area contributed by atoms with Gasteiger partial charge < -0.3 is 0 Å². The molecule has 1 N–H and O–H groups in total. The fraction of sp³-hybridized carbons (Fsp3) is 0.214. The van der Waals surface area contributed by atoms with Crippen LogP contribution in [0.25, 0.3) is 0 Å². The molecule has 0 aliphatic rings. The van der Waals surface area contributed by atoms with Crippen molar-refractivity contribution in [3.63, 3.8) is 0 Å². The molecular formula is C14H16N2O2S. The molecule has 0 spiro atoms. The number of nitrogens with one attached hydrogen (secondary N) is 1. The van der Waals surface area contributed by atoms with Crippen molar-refractivity contribution in [2.45, 2.75) is 25.2 Å². The number of anilines is 1. The van der Waals surface area contributed by atoms with Gasteiger partial charge in [0, 0.05) is 11.4 Å². The molecule has 0 saturated carbocycles. The number of nitrogens with zero attached hydrogens (tertiary/aromatic N) is 1. The van der Waals surface area contributed by atoms with Crippen LogP contribution in [0.2, 0.25) is 0 Å². The summed E-state index contributed by atoms with van der Waals surface area (Å²) in [4.78, 5) is 4.57. The zero-order valence-corrected chi connectivity index (χ0v) is 11.7. The molecule has 2 rings (SSSR count). The Morgan fingerprint density at radius 2 is 1.84 bits per heavy atom. The third-order valence-electron chi connectivity index (χ3n) is 2.67. The number of pyridine rings is 1. The number of hydrogen-bond donors (Lipinski definition) is 1. The molecule has 4 nitrogen and oxygen atoms in total. The largest absolute Gasteiger partial charge is 0.279 e. The van der Waals surface area contributed by atoms with E-state index in [0.29, 0.717) is 5.69 Å². The highest BCUT2D eigenvalue weighted by Crippen LogP contribution is 2.17. The van der Waals surface area contributed by atoms with Gasteiger partial charge in [-0.05, 0) is 37.6 Å². The molecule has 0 atom stereocenters. The van der Waals surface area contributed by atoms with Crippen LogP contribution in [0.1, 0.15) is 18.3 Å². The lowest BCUT2D eigenvalue weighted by atomic mass is 10.2. The SMILES string of the molecule is CCc1cc(NS(=O)(=O)c2ccccc2)cc(C)n1. The molecule has 1 heterocycles. The highest BCUT2D eigenvalue weighted by atomic mass is 32.2. The van der Waals surface area contributed by atoms with Crippen molar-refractivity contribution >= 4 is 15.7 Å². The first-order valence-electron chi connectivity index (χ1n) is 6.06. The summed E-state index contributed by atoms with van der Waals surface area (Å²) in [6, 6.07) is 11.8. The minimum atomic E-state index is -3.53. The Kier molecular flexibility index (Phi) is 3.85. The normalized spacial score (nSPS) is 11.3. The van der Waals surface area contributed by atoms with Crippen molar-refractivity contribution in [2.75, 3.05) is 4.72 Å². The van der Waals surface area contributed by atoms with Gasteiger partial charge >= 0.3 is 0 Å². The molecule has 5 heteroatoms. The van der Waals surface area contributed by atoms with Gasteiger partial charge in [0.25, 0.3) is 10.0 Å².